The van der Waals surface area contributed by atoms with E-state index in [-0.39, 0.29) is 18.0 Å². The number of hydrogen-bond donors (Lipinski definition) is 3. The molecule has 0 aliphatic heterocycles. The molecular weight excluding hydrogens is 332 g/mol. The molecule has 3 amide bonds. The Morgan fingerprint density at radius 1 is 1.00 bits per heavy atom. The van der Waals surface area contributed by atoms with Gasteiger partial charge in [-0.2, -0.15) is 0 Å². The van der Waals surface area contributed by atoms with Gasteiger partial charge < -0.3 is 20.4 Å². The Labute approximate surface area is 150 Å². The normalized spacial score (nSPS) is 10.8. The van der Waals surface area contributed by atoms with Crippen molar-refractivity contribution in [3.63, 3.8) is 0 Å². The molecule has 0 fully saturated rings. The molecule has 7 heteroatoms. The third kappa shape index (κ3) is 4.18. The second-order valence-electron chi connectivity index (χ2n) is 6.20. The van der Waals surface area contributed by atoms with E-state index in [1.807, 2.05) is 13.8 Å². The zero-order chi connectivity index (χ0) is 18.7. The van der Waals surface area contributed by atoms with Gasteiger partial charge >= 0.3 is 6.03 Å². The largest absolute Gasteiger partial charge is 0.441 e. The molecule has 3 N–H and O–H groups in total. The van der Waals surface area contributed by atoms with Crippen molar-refractivity contribution in [1.82, 2.24) is 10.3 Å². The summed E-state index contributed by atoms with van der Waals surface area (Å²) in [6.45, 7) is 5.53. The number of aryl methyl sites for hydroxylation is 1. The van der Waals surface area contributed by atoms with Gasteiger partial charge in [-0.05, 0) is 50.2 Å². The van der Waals surface area contributed by atoms with Gasteiger partial charge in [-0.25, -0.2) is 9.78 Å². The lowest BCUT2D eigenvalue weighted by Gasteiger charge is -2.10. The zero-order valence-corrected chi connectivity index (χ0v) is 14.8. The van der Waals surface area contributed by atoms with E-state index in [1.165, 1.54) is 0 Å². The molecule has 0 unspecified atom stereocenters. The van der Waals surface area contributed by atoms with Crippen LogP contribution in [0.3, 0.4) is 0 Å². The fraction of sp³-hybridized carbons (Fsp3) is 0.211. The van der Waals surface area contributed by atoms with E-state index in [1.54, 1.807) is 49.4 Å². The third-order valence-electron chi connectivity index (χ3n) is 3.58. The quantitative estimate of drug-likeness (QED) is 0.663. The van der Waals surface area contributed by atoms with Crippen LogP contribution < -0.4 is 16.0 Å². The summed E-state index contributed by atoms with van der Waals surface area (Å²) in [4.78, 5) is 28.3. The van der Waals surface area contributed by atoms with E-state index < -0.39 is 0 Å². The predicted molar refractivity (Wildman–Crippen MR) is 100 cm³/mol. The molecule has 0 atom stereocenters. The molecule has 0 spiro atoms. The molecule has 7 nitrogen and oxygen atoms in total. The van der Waals surface area contributed by atoms with E-state index in [0.717, 1.165) is 5.52 Å². The summed E-state index contributed by atoms with van der Waals surface area (Å²) in [7, 11) is 0. The number of hydrogen-bond acceptors (Lipinski definition) is 4. The lowest BCUT2D eigenvalue weighted by molar-refractivity contribution is 0.102. The molecule has 0 aliphatic carbocycles. The number of amides is 3. The average Bonchev–Trinajstić information content (AvgIpc) is 2.94. The van der Waals surface area contributed by atoms with Gasteiger partial charge in [0, 0.05) is 36.0 Å². The maximum atomic E-state index is 12.4. The molecule has 3 aromatic rings. The van der Waals surface area contributed by atoms with E-state index in [0.29, 0.717) is 28.4 Å². The van der Waals surface area contributed by atoms with E-state index in [2.05, 4.69) is 20.9 Å². The van der Waals surface area contributed by atoms with Crippen LogP contribution in [0.1, 0.15) is 30.1 Å². The fourth-order valence-corrected chi connectivity index (χ4v) is 2.46. The summed E-state index contributed by atoms with van der Waals surface area (Å²) in [6, 6.07) is 11.7. The van der Waals surface area contributed by atoms with E-state index in [4.69, 9.17) is 4.42 Å². The number of benzene rings is 2. The van der Waals surface area contributed by atoms with Gasteiger partial charge in [0.05, 0.1) is 0 Å². The van der Waals surface area contributed by atoms with Crippen molar-refractivity contribution in [2.75, 3.05) is 10.6 Å². The first kappa shape index (κ1) is 17.5. The van der Waals surface area contributed by atoms with Crippen molar-refractivity contribution in [3.05, 3.63) is 53.9 Å². The first-order valence-electron chi connectivity index (χ1n) is 8.27. The highest BCUT2D eigenvalue weighted by Crippen LogP contribution is 2.20. The minimum absolute atomic E-state index is 0.0468. The number of aromatic nitrogens is 1. The first-order valence-corrected chi connectivity index (χ1v) is 8.27. The Balaban J connectivity index is 1.66. The molecule has 0 bridgehead atoms. The average molecular weight is 352 g/mol. The van der Waals surface area contributed by atoms with Crippen LogP contribution in [0.15, 0.2) is 46.9 Å². The summed E-state index contributed by atoms with van der Waals surface area (Å²) in [5, 5.41) is 8.26. The summed E-state index contributed by atoms with van der Waals surface area (Å²) in [5.74, 6) is 0.326. The van der Waals surface area contributed by atoms with Crippen LogP contribution in [0.2, 0.25) is 0 Å². The van der Waals surface area contributed by atoms with E-state index >= 15 is 0 Å². The smallest absolute Gasteiger partial charge is 0.319 e. The van der Waals surface area contributed by atoms with Crippen LogP contribution in [0.4, 0.5) is 16.2 Å². The number of carbonyl (C=O) groups excluding carboxylic acids is 2. The highest BCUT2D eigenvalue weighted by molar-refractivity contribution is 6.05. The maximum Gasteiger partial charge on any atom is 0.319 e. The number of carbonyl (C=O) groups is 2. The van der Waals surface area contributed by atoms with Gasteiger partial charge in [-0.1, -0.05) is 0 Å². The number of urea groups is 1. The predicted octanol–water partition coefficient (Wildman–Crippen LogP) is 3.92. The van der Waals surface area contributed by atoms with Crippen molar-refractivity contribution in [3.8, 4) is 0 Å². The van der Waals surface area contributed by atoms with Crippen LogP contribution in [0, 0.1) is 6.92 Å². The zero-order valence-electron chi connectivity index (χ0n) is 14.8. The molecule has 134 valence electrons. The van der Waals surface area contributed by atoms with Gasteiger partial charge in [-0.3, -0.25) is 4.79 Å². The Kier molecular flexibility index (Phi) is 4.88. The van der Waals surface area contributed by atoms with E-state index in [9.17, 15) is 9.59 Å². The SMILES string of the molecule is Cc1nc2ccc(NC(=O)c3ccc(NC(=O)NC(C)C)cc3)cc2o1. The topological polar surface area (TPSA) is 96.3 Å². The molecule has 0 saturated carbocycles. The Bertz CT molecular complexity index is 945. The number of nitrogens with zero attached hydrogens (tertiary/aromatic N) is 1. The standard InChI is InChI=1S/C19H20N4O3/c1-11(2)20-19(25)23-14-6-4-13(5-7-14)18(24)22-15-8-9-16-17(10-15)26-12(3)21-16/h4-11H,1-3H3,(H,22,24)(H2,20,23,25). The van der Waals surface area contributed by atoms with Crippen LogP contribution in [0.25, 0.3) is 11.1 Å². The second kappa shape index (κ2) is 7.26. The Morgan fingerprint density at radius 2 is 1.69 bits per heavy atom. The van der Waals surface area contributed by atoms with Gasteiger partial charge in [0.1, 0.15) is 5.52 Å². The van der Waals surface area contributed by atoms with Crippen LogP contribution in [-0.4, -0.2) is 23.0 Å². The monoisotopic (exact) mass is 352 g/mol. The van der Waals surface area contributed by atoms with Gasteiger partial charge in [0.15, 0.2) is 11.5 Å². The van der Waals surface area contributed by atoms with Crippen LogP contribution >= 0.6 is 0 Å². The Hall–Kier alpha value is -3.35. The third-order valence-corrected chi connectivity index (χ3v) is 3.58. The maximum absolute atomic E-state index is 12.4. The lowest BCUT2D eigenvalue weighted by atomic mass is 10.2. The van der Waals surface area contributed by atoms with Crippen molar-refractivity contribution in [1.29, 1.82) is 0 Å². The van der Waals surface area contributed by atoms with Gasteiger partial charge in [-0.15, -0.1) is 0 Å². The molecule has 2 aromatic carbocycles. The van der Waals surface area contributed by atoms with Crippen LogP contribution in [-0.2, 0) is 0 Å². The molecular formula is C19H20N4O3. The van der Waals surface area contributed by atoms with Crippen molar-refractivity contribution in [2.45, 2.75) is 26.8 Å². The van der Waals surface area contributed by atoms with Gasteiger partial charge in [0.25, 0.3) is 5.91 Å². The second-order valence-corrected chi connectivity index (χ2v) is 6.20. The Morgan fingerprint density at radius 3 is 2.38 bits per heavy atom. The summed E-state index contributed by atoms with van der Waals surface area (Å²) >= 11 is 0. The molecule has 0 aliphatic rings. The molecule has 1 aromatic heterocycles. The van der Waals surface area contributed by atoms with Crippen molar-refractivity contribution >= 4 is 34.4 Å². The highest BCUT2D eigenvalue weighted by atomic mass is 16.3. The summed E-state index contributed by atoms with van der Waals surface area (Å²) in [5.41, 5.74) is 3.08. The minimum atomic E-state index is -0.284. The minimum Gasteiger partial charge on any atom is -0.441 e. The van der Waals surface area contributed by atoms with Crippen LogP contribution in [0.5, 0.6) is 0 Å². The van der Waals surface area contributed by atoms with Gasteiger partial charge in [0.2, 0.25) is 0 Å². The summed E-state index contributed by atoms with van der Waals surface area (Å²) in [6.07, 6.45) is 0. The fourth-order valence-electron chi connectivity index (χ4n) is 2.46. The molecule has 1 heterocycles. The van der Waals surface area contributed by atoms with Crippen molar-refractivity contribution in [2.24, 2.45) is 0 Å². The lowest BCUT2D eigenvalue weighted by Crippen LogP contribution is -2.34. The van der Waals surface area contributed by atoms with Crippen molar-refractivity contribution < 1.29 is 14.0 Å². The molecule has 0 radical (unpaired) electrons. The molecule has 3 rings (SSSR count). The first-order chi connectivity index (χ1) is 12.4. The number of rotatable bonds is 4. The number of anilines is 2. The number of oxazole rings is 1. The summed E-state index contributed by atoms with van der Waals surface area (Å²) < 4.78 is 5.47. The molecule has 26 heavy (non-hydrogen) atoms. The molecule has 0 saturated heterocycles. The number of fused-ring (bicyclic) bond motifs is 1. The number of nitrogens with one attached hydrogen (secondary N) is 3. The highest BCUT2D eigenvalue weighted by Gasteiger charge is 2.09.